The minimum Gasteiger partial charge on any atom is -0.381 e. The van der Waals surface area contributed by atoms with Crippen LogP contribution in [-0.4, -0.2) is 13.2 Å². The standard InChI is InChI=1S/C9H16O.Y/c1-8(2)5-6-10-7-9(8,3)4;/h1-2,5-7H2,3-4H3;/q-2;. The van der Waals surface area contributed by atoms with Gasteiger partial charge in [-0.1, -0.05) is 25.7 Å². The van der Waals surface area contributed by atoms with Crippen LogP contribution in [-0.2, 0) is 37.4 Å². The van der Waals surface area contributed by atoms with E-state index in [1.54, 1.807) is 0 Å². The summed E-state index contributed by atoms with van der Waals surface area (Å²) in [4.78, 5) is 0. The van der Waals surface area contributed by atoms with E-state index in [0.29, 0.717) is 0 Å². The molecule has 1 heterocycles. The average molecular weight is 229 g/mol. The van der Waals surface area contributed by atoms with Gasteiger partial charge in [0.2, 0.25) is 0 Å². The fourth-order valence-electron chi connectivity index (χ4n) is 1.09. The van der Waals surface area contributed by atoms with Gasteiger partial charge in [0, 0.05) is 45.9 Å². The summed E-state index contributed by atoms with van der Waals surface area (Å²) in [5.41, 5.74) is 0.0799. The van der Waals surface area contributed by atoms with Crippen molar-refractivity contribution < 1.29 is 37.4 Å². The summed E-state index contributed by atoms with van der Waals surface area (Å²) in [6, 6.07) is 0. The maximum atomic E-state index is 5.34. The first kappa shape index (κ1) is 12.1. The van der Waals surface area contributed by atoms with Gasteiger partial charge in [0.25, 0.3) is 0 Å². The first-order valence-electron chi connectivity index (χ1n) is 3.74. The normalized spacial score (nSPS) is 27.3. The van der Waals surface area contributed by atoms with Crippen LogP contribution in [0.25, 0.3) is 0 Å². The summed E-state index contributed by atoms with van der Waals surface area (Å²) >= 11 is 0. The van der Waals surface area contributed by atoms with Gasteiger partial charge in [0.15, 0.2) is 0 Å². The second-order valence-electron chi connectivity index (χ2n) is 3.97. The van der Waals surface area contributed by atoms with Crippen LogP contribution in [0.5, 0.6) is 0 Å². The molecule has 1 rings (SSSR count). The summed E-state index contributed by atoms with van der Waals surface area (Å²) in [5, 5.41) is 0. The van der Waals surface area contributed by atoms with Gasteiger partial charge in [-0.15, -0.1) is 0 Å². The third kappa shape index (κ3) is 2.50. The fraction of sp³-hybridized carbons (Fsp3) is 0.778. The Hall–Kier alpha value is 1.06. The number of hydrogen-bond acceptors (Lipinski definition) is 1. The van der Waals surface area contributed by atoms with Gasteiger partial charge in [0.1, 0.15) is 0 Å². The van der Waals surface area contributed by atoms with E-state index in [9.17, 15) is 0 Å². The van der Waals surface area contributed by atoms with Crippen molar-refractivity contribution in [2.45, 2.75) is 20.3 Å². The molecule has 0 saturated carbocycles. The Morgan fingerprint density at radius 1 is 1.27 bits per heavy atom. The van der Waals surface area contributed by atoms with Crippen molar-refractivity contribution in [1.29, 1.82) is 0 Å². The number of ether oxygens (including phenoxy) is 1. The Bertz CT molecular complexity index is 114. The van der Waals surface area contributed by atoms with Crippen molar-refractivity contribution in [1.82, 2.24) is 0 Å². The maximum Gasteiger partial charge on any atom is 0.0474 e. The van der Waals surface area contributed by atoms with E-state index in [1.165, 1.54) is 0 Å². The Balaban J connectivity index is 0.000001000. The number of hydrogen-bond donors (Lipinski definition) is 0. The van der Waals surface area contributed by atoms with Crippen LogP contribution in [0, 0.1) is 24.7 Å². The first-order chi connectivity index (χ1) is 4.46. The predicted molar refractivity (Wildman–Crippen MR) is 42.4 cm³/mol. The molecule has 0 N–H and O–H groups in total. The minimum absolute atomic E-state index is 0. The maximum absolute atomic E-state index is 5.34. The third-order valence-corrected chi connectivity index (χ3v) is 2.62. The van der Waals surface area contributed by atoms with Gasteiger partial charge < -0.3 is 18.6 Å². The van der Waals surface area contributed by atoms with Crippen LogP contribution in [0.2, 0.25) is 0 Å². The van der Waals surface area contributed by atoms with Crippen molar-refractivity contribution in [2.24, 2.45) is 10.8 Å². The molecule has 1 aliphatic heterocycles. The zero-order valence-corrected chi connectivity index (χ0v) is 10.4. The summed E-state index contributed by atoms with van der Waals surface area (Å²) in [5.74, 6) is 0. The molecule has 0 bridgehead atoms. The first-order valence-corrected chi connectivity index (χ1v) is 3.74. The number of rotatable bonds is 0. The minimum atomic E-state index is -0.0503. The third-order valence-electron chi connectivity index (χ3n) is 2.62. The smallest absolute Gasteiger partial charge is 0.0474 e. The van der Waals surface area contributed by atoms with Gasteiger partial charge in [-0.05, 0) is 0 Å². The van der Waals surface area contributed by atoms with E-state index < -0.39 is 0 Å². The molecule has 63 valence electrons. The van der Waals surface area contributed by atoms with Gasteiger partial charge >= 0.3 is 0 Å². The zero-order chi connectivity index (χ0) is 7.83. The summed E-state index contributed by atoms with van der Waals surface area (Å²) < 4.78 is 5.34. The van der Waals surface area contributed by atoms with Gasteiger partial charge in [-0.25, -0.2) is 0 Å². The molecule has 0 aromatic rings. The van der Waals surface area contributed by atoms with E-state index in [4.69, 9.17) is 4.74 Å². The molecule has 0 atom stereocenters. The topological polar surface area (TPSA) is 9.23 Å². The Morgan fingerprint density at radius 3 is 2.09 bits per heavy atom. The fourth-order valence-corrected chi connectivity index (χ4v) is 1.09. The second kappa shape index (κ2) is 3.85. The molecule has 2 heteroatoms. The SMILES string of the molecule is [CH2-]C1([CH2-])CCOCC1(C)C.[Y]. The van der Waals surface area contributed by atoms with Crippen LogP contribution in [0.4, 0.5) is 0 Å². The molecule has 1 aliphatic rings. The Morgan fingerprint density at radius 2 is 1.82 bits per heavy atom. The molecule has 0 unspecified atom stereocenters. The van der Waals surface area contributed by atoms with Gasteiger partial charge in [-0.3, -0.25) is 5.41 Å². The summed E-state index contributed by atoms with van der Waals surface area (Å²) in [7, 11) is 0. The largest absolute Gasteiger partial charge is 0.381 e. The quantitative estimate of drug-likeness (QED) is 0.578. The van der Waals surface area contributed by atoms with Crippen LogP contribution < -0.4 is 0 Å². The molecule has 11 heavy (non-hydrogen) atoms. The van der Waals surface area contributed by atoms with Crippen LogP contribution >= 0.6 is 0 Å². The molecule has 1 fully saturated rings. The van der Waals surface area contributed by atoms with Crippen molar-refractivity contribution in [3.63, 3.8) is 0 Å². The van der Waals surface area contributed by atoms with Crippen molar-refractivity contribution in [2.75, 3.05) is 13.2 Å². The van der Waals surface area contributed by atoms with Gasteiger partial charge in [-0.2, -0.15) is 0 Å². The summed E-state index contributed by atoms with van der Waals surface area (Å²) in [6.45, 7) is 14.1. The molecule has 1 nitrogen and oxygen atoms in total. The van der Waals surface area contributed by atoms with Crippen molar-refractivity contribution in [3.8, 4) is 0 Å². The Labute approximate surface area is 95.2 Å². The predicted octanol–water partition coefficient (Wildman–Crippen LogP) is 2.08. The molecule has 0 amide bonds. The van der Waals surface area contributed by atoms with Crippen LogP contribution in [0.1, 0.15) is 20.3 Å². The zero-order valence-electron chi connectivity index (χ0n) is 7.52. The second-order valence-corrected chi connectivity index (χ2v) is 3.97. The summed E-state index contributed by atoms with van der Waals surface area (Å²) in [6.07, 6.45) is 0.972. The van der Waals surface area contributed by atoms with Crippen LogP contribution in [0.15, 0.2) is 0 Å². The molecule has 0 aliphatic carbocycles. The van der Waals surface area contributed by atoms with E-state index in [2.05, 4.69) is 27.7 Å². The van der Waals surface area contributed by atoms with Crippen molar-refractivity contribution >= 4 is 0 Å². The van der Waals surface area contributed by atoms with Crippen molar-refractivity contribution in [3.05, 3.63) is 13.8 Å². The molecule has 1 saturated heterocycles. The molecular formula is C9H16OY-2. The Kier molecular flexibility index (Phi) is 4.22. The van der Waals surface area contributed by atoms with E-state index in [1.807, 2.05) is 0 Å². The molecule has 1 radical (unpaired) electrons. The molecule has 0 spiro atoms. The molecule has 0 aromatic heterocycles. The molecule has 0 aromatic carbocycles. The monoisotopic (exact) mass is 229 g/mol. The average Bonchev–Trinajstić information content (AvgIpc) is 1.77. The van der Waals surface area contributed by atoms with Crippen LogP contribution in [0.3, 0.4) is 0 Å². The van der Waals surface area contributed by atoms with Gasteiger partial charge in [0.05, 0.1) is 0 Å². The van der Waals surface area contributed by atoms with E-state index in [0.717, 1.165) is 19.6 Å². The molecular weight excluding hydrogens is 213 g/mol. The van der Waals surface area contributed by atoms with E-state index >= 15 is 0 Å². The van der Waals surface area contributed by atoms with E-state index in [-0.39, 0.29) is 43.5 Å².